The van der Waals surface area contributed by atoms with Crippen LogP contribution in [0.2, 0.25) is 0 Å². The fraction of sp³-hybridized carbons (Fsp3) is 0.545. The van der Waals surface area contributed by atoms with Gasteiger partial charge in [-0.1, -0.05) is 27.7 Å². The molecule has 0 saturated heterocycles. The Hall–Kier alpha value is -0.920. The van der Waals surface area contributed by atoms with Crippen LogP contribution < -0.4 is 0 Å². The summed E-state index contributed by atoms with van der Waals surface area (Å²) in [4.78, 5) is 3.68. The second-order valence-electron chi connectivity index (χ2n) is 3.95. The van der Waals surface area contributed by atoms with Gasteiger partial charge in [-0.05, 0) is 29.0 Å². The van der Waals surface area contributed by atoms with Gasteiger partial charge in [-0.3, -0.25) is 0 Å². The van der Waals surface area contributed by atoms with Crippen LogP contribution in [0, 0.1) is 5.95 Å². The quantitative estimate of drug-likeness (QED) is 0.637. The van der Waals surface area contributed by atoms with Gasteiger partial charge < -0.3 is 0 Å². The van der Waals surface area contributed by atoms with Crippen LogP contribution in [-0.2, 0) is 0 Å². The van der Waals surface area contributed by atoms with Gasteiger partial charge in [0.1, 0.15) is 0 Å². The molecule has 1 rings (SSSR count). The summed E-state index contributed by atoms with van der Waals surface area (Å²) in [6.45, 7) is 8.34. The molecule has 72 valence electrons. The first kappa shape index (κ1) is 10.2. The average molecular weight is 181 g/mol. The maximum Gasteiger partial charge on any atom is 0.213 e. The van der Waals surface area contributed by atoms with Gasteiger partial charge in [0.05, 0.1) is 0 Å². The molecule has 0 spiro atoms. The molecule has 0 aliphatic rings. The maximum absolute atomic E-state index is 12.9. The third kappa shape index (κ3) is 2.27. The van der Waals surface area contributed by atoms with Crippen LogP contribution in [0.15, 0.2) is 12.3 Å². The SMILES string of the molecule is CC(C)c1cnc(F)cc1C(C)C. The van der Waals surface area contributed by atoms with Crippen molar-refractivity contribution in [1.29, 1.82) is 0 Å². The molecule has 1 heterocycles. The molecule has 0 radical (unpaired) electrons. The van der Waals surface area contributed by atoms with Crippen molar-refractivity contribution in [3.63, 3.8) is 0 Å². The van der Waals surface area contributed by atoms with Crippen molar-refractivity contribution >= 4 is 0 Å². The lowest BCUT2D eigenvalue weighted by Crippen LogP contribution is -2.01. The predicted octanol–water partition coefficient (Wildman–Crippen LogP) is 3.47. The zero-order valence-corrected chi connectivity index (χ0v) is 8.63. The van der Waals surface area contributed by atoms with Crippen molar-refractivity contribution in [3.8, 4) is 0 Å². The smallest absolute Gasteiger partial charge is 0.213 e. The Balaban J connectivity index is 3.19. The van der Waals surface area contributed by atoms with Crippen LogP contribution in [0.5, 0.6) is 0 Å². The molecule has 0 aliphatic heterocycles. The minimum Gasteiger partial charge on any atom is -0.228 e. The number of aromatic nitrogens is 1. The highest BCUT2D eigenvalue weighted by Gasteiger charge is 2.11. The normalized spacial score (nSPS) is 11.3. The fourth-order valence-corrected chi connectivity index (χ4v) is 1.44. The molecule has 0 bridgehead atoms. The molecule has 0 aromatic carbocycles. The van der Waals surface area contributed by atoms with Gasteiger partial charge in [0, 0.05) is 6.20 Å². The van der Waals surface area contributed by atoms with E-state index in [9.17, 15) is 4.39 Å². The van der Waals surface area contributed by atoms with Crippen LogP contribution >= 0.6 is 0 Å². The lowest BCUT2D eigenvalue weighted by molar-refractivity contribution is 0.575. The summed E-state index contributed by atoms with van der Waals surface area (Å²) < 4.78 is 12.9. The Morgan fingerprint density at radius 3 is 2.08 bits per heavy atom. The third-order valence-corrected chi connectivity index (χ3v) is 2.18. The number of hydrogen-bond donors (Lipinski definition) is 0. The van der Waals surface area contributed by atoms with Crippen molar-refractivity contribution in [2.45, 2.75) is 39.5 Å². The average Bonchev–Trinajstić information content (AvgIpc) is 2.03. The Labute approximate surface area is 79.0 Å². The van der Waals surface area contributed by atoms with Crippen LogP contribution in [0.3, 0.4) is 0 Å². The molecule has 0 amide bonds. The molecule has 0 atom stereocenters. The second kappa shape index (κ2) is 3.86. The van der Waals surface area contributed by atoms with Gasteiger partial charge in [-0.15, -0.1) is 0 Å². The Morgan fingerprint density at radius 2 is 1.62 bits per heavy atom. The summed E-state index contributed by atoms with van der Waals surface area (Å²) in [6.07, 6.45) is 1.65. The third-order valence-electron chi connectivity index (χ3n) is 2.18. The first-order chi connectivity index (χ1) is 6.02. The van der Waals surface area contributed by atoms with Crippen LogP contribution in [0.1, 0.15) is 50.7 Å². The number of nitrogens with zero attached hydrogens (tertiary/aromatic N) is 1. The summed E-state index contributed by atoms with van der Waals surface area (Å²) in [7, 11) is 0. The van der Waals surface area contributed by atoms with Crippen LogP contribution in [0.4, 0.5) is 4.39 Å². The largest absolute Gasteiger partial charge is 0.228 e. The highest BCUT2D eigenvalue weighted by molar-refractivity contribution is 5.29. The first-order valence-corrected chi connectivity index (χ1v) is 4.67. The molecule has 13 heavy (non-hydrogen) atoms. The molecule has 1 aromatic heterocycles. The van der Waals surface area contributed by atoms with E-state index in [0.717, 1.165) is 11.1 Å². The summed E-state index contributed by atoms with van der Waals surface area (Å²) in [6, 6.07) is 1.54. The summed E-state index contributed by atoms with van der Waals surface area (Å²) in [5.74, 6) is 0.383. The molecule has 0 unspecified atom stereocenters. The zero-order valence-electron chi connectivity index (χ0n) is 8.63. The van der Waals surface area contributed by atoms with Crippen molar-refractivity contribution in [2.75, 3.05) is 0 Å². The van der Waals surface area contributed by atoms with Crippen LogP contribution in [-0.4, -0.2) is 4.98 Å². The van der Waals surface area contributed by atoms with Gasteiger partial charge in [-0.25, -0.2) is 4.98 Å². The van der Waals surface area contributed by atoms with Crippen molar-refractivity contribution in [3.05, 3.63) is 29.3 Å². The number of rotatable bonds is 2. The van der Waals surface area contributed by atoms with Crippen LogP contribution in [0.25, 0.3) is 0 Å². The van der Waals surface area contributed by atoms with Crippen molar-refractivity contribution in [1.82, 2.24) is 4.98 Å². The standard InChI is InChI=1S/C11H16FN/c1-7(2)9-5-11(12)13-6-10(9)8(3)4/h5-8H,1-4H3. The fourth-order valence-electron chi connectivity index (χ4n) is 1.44. The lowest BCUT2D eigenvalue weighted by atomic mass is 9.93. The topological polar surface area (TPSA) is 12.9 Å². The molecule has 0 aliphatic carbocycles. The van der Waals surface area contributed by atoms with Gasteiger partial charge >= 0.3 is 0 Å². The summed E-state index contributed by atoms with van der Waals surface area (Å²) in [5.41, 5.74) is 2.22. The van der Waals surface area contributed by atoms with Gasteiger partial charge in [-0.2, -0.15) is 4.39 Å². The number of halogens is 1. The van der Waals surface area contributed by atoms with Crippen molar-refractivity contribution < 1.29 is 4.39 Å². The van der Waals surface area contributed by atoms with E-state index in [4.69, 9.17) is 0 Å². The first-order valence-electron chi connectivity index (χ1n) is 4.67. The van der Waals surface area contributed by atoms with E-state index in [-0.39, 0.29) is 5.95 Å². The molecule has 0 saturated carbocycles. The minimum absolute atomic E-state index is 0.356. The minimum atomic E-state index is -0.381. The molecule has 1 aromatic rings. The van der Waals surface area contributed by atoms with E-state index < -0.39 is 0 Å². The molecule has 2 heteroatoms. The molecule has 0 N–H and O–H groups in total. The monoisotopic (exact) mass is 181 g/mol. The van der Waals surface area contributed by atoms with E-state index in [1.54, 1.807) is 12.3 Å². The van der Waals surface area contributed by atoms with E-state index in [0.29, 0.717) is 11.8 Å². The molecular formula is C11H16FN. The molecule has 1 nitrogen and oxygen atoms in total. The maximum atomic E-state index is 12.9. The van der Waals surface area contributed by atoms with Crippen molar-refractivity contribution in [2.24, 2.45) is 0 Å². The van der Waals surface area contributed by atoms with E-state index >= 15 is 0 Å². The number of hydrogen-bond acceptors (Lipinski definition) is 1. The van der Waals surface area contributed by atoms with Gasteiger partial charge in [0.25, 0.3) is 0 Å². The highest BCUT2D eigenvalue weighted by Crippen LogP contribution is 2.25. The van der Waals surface area contributed by atoms with E-state index in [2.05, 4.69) is 32.7 Å². The second-order valence-corrected chi connectivity index (χ2v) is 3.95. The molecule has 0 fully saturated rings. The van der Waals surface area contributed by atoms with Gasteiger partial charge in [0.2, 0.25) is 5.95 Å². The zero-order chi connectivity index (χ0) is 10.0. The Kier molecular flexibility index (Phi) is 3.02. The Bertz CT molecular complexity index is 292. The number of pyridine rings is 1. The van der Waals surface area contributed by atoms with E-state index in [1.807, 2.05) is 0 Å². The lowest BCUT2D eigenvalue weighted by Gasteiger charge is -2.14. The summed E-state index contributed by atoms with van der Waals surface area (Å²) >= 11 is 0. The Morgan fingerprint density at radius 1 is 1.08 bits per heavy atom. The molecular weight excluding hydrogens is 165 g/mol. The summed E-state index contributed by atoms with van der Waals surface area (Å²) in [5, 5.41) is 0. The van der Waals surface area contributed by atoms with E-state index in [1.165, 1.54) is 0 Å². The highest BCUT2D eigenvalue weighted by atomic mass is 19.1. The van der Waals surface area contributed by atoms with Gasteiger partial charge in [0.15, 0.2) is 0 Å². The predicted molar refractivity (Wildman–Crippen MR) is 52.4 cm³/mol.